The summed E-state index contributed by atoms with van der Waals surface area (Å²) in [4.78, 5) is 0. The molecule has 0 fully saturated rings. The molecule has 0 aliphatic heterocycles. The molecule has 1 aromatic rings. The Balaban J connectivity index is 2.82. The molecule has 2 heteroatoms. The summed E-state index contributed by atoms with van der Waals surface area (Å²) in [5.74, 6) is 0.697. The fourth-order valence-electron chi connectivity index (χ4n) is 0.911. The first-order valence-corrected chi connectivity index (χ1v) is 3.47. The molecule has 0 bridgehead atoms. The van der Waals surface area contributed by atoms with E-state index >= 15 is 0 Å². The van der Waals surface area contributed by atoms with Crippen LogP contribution in [0.15, 0.2) is 16.7 Å². The van der Waals surface area contributed by atoms with Crippen molar-refractivity contribution < 1.29 is 9.52 Å². The summed E-state index contributed by atoms with van der Waals surface area (Å²) in [5.41, 5.74) is 1.02. The number of hydrogen-bond donors (Lipinski definition) is 1. The minimum atomic E-state index is -0.435. The van der Waals surface area contributed by atoms with Gasteiger partial charge in [-0.3, -0.25) is 0 Å². The number of furan rings is 1. The number of aryl methyl sites for hydroxylation is 1. The fraction of sp³-hybridized carbons (Fsp3) is 0.500. The lowest BCUT2D eigenvalue weighted by Gasteiger charge is -2.03. The van der Waals surface area contributed by atoms with Crippen LogP contribution >= 0.6 is 0 Å². The molecule has 0 aliphatic carbocycles. The maximum Gasteiger partial charge on any atom is 0.135 e. The molecule has 0 aliphatic rings. The molecule has 10 heavy (non-hydrogen) atoms. The molecule has 1 rings (SSSR count). The van der Waals surface area contributed by atoms with Gasteiger partial charge in [0, 0.05) is 0 Å². The van der Waals surface area contributed by atoms with Crippen LogP contribution in [-0.2, 0) is 0 Å². The lowest BCUT2D eigenvalue weighted by atomic mass is 10.1. The summed E-state index contributed by atoms with van der Waals surface area (Å²) < 4.78 is 5.07. The zero-order valence-electron chi connectivity index (χ0n) is 6.29. The highest BCUT2D eigenvalue weighted by molar-refractivity contribution is 5.16. The maximum absolute atomic E-state index is 9.31. The Hall–Kier alpha value is -0.760. The van der Waals surface area contributed by atoms with Crippen molar-refractivity contribution in [2.24, 2.45) is 0 Å². The van der Waals surface area contributed by atoms with Crippen molar-refractivity contribution in [2.75, 3.05) is 0 Å². The van der Waals surface area contributed by atoms with Crippen molar-refractivity contribution >= 4 is 0 Å². The van der Waals surface area contributed by atoms with Crippen LogP contribution in [0.4, 0.5) is 0 Å². The van der Waals surface area contributed by atoms with E-state index in [0.29, 0.717) is 12.2 Å². The lowest BCUT2D eigenvalue weighted by molar-refractivity contribution is 0.145. The van der Waals surface area contributed by atoms with Crippen LogP contribution in [-0.4, -0.2) is 5.11 Å². The molecular formula is C8H12O2. The third kappa shape index (κ3) is 1.21. The van der Waals surface area contributed by atoms with E-state index in [9.17, 15) is 5.11 Å². The minimum absolute atomic E-state index is 0.435. The molecule has 0 radical (unpaired) electrons. The van der Waals surface area contributed by atoms with E-state index in [1.807, 2.05) is 19.9 Å². The molecule has 1 N–H and O–H groups in total. The summed E-state index contributed by atoms with van der Waals surface area (Å²) in [6.45, 7) is 3.85. The summed E-state index contributed by atoms with van der Waals surface area (Å²) in [6, 6.07) is 1.86. The van der Waals surface area contributed by atoms with Gasteiger partial charge in [-0.15, -0.1) is 0 Å². The van der Waals surface area contributed by atoms with Crippen molar-refractivity contribution in [1.82, 2.24) is 0 Å². The average molecular weight is 140 g/mol. The highest BCUT2D eigenvalue weighted by Crippen LogP contribution is 2.20. The van der Waals surface area contributed by atoms with Gasteiger partial charge in [-0.1, -0.05) is 6.92 Å². The smallest absolute Gasteiger partial charge is 0.135 e. The van der Waals surface area contributed by atoms with Crippen LogP contribution in [0, 0.1) is 6.92 Å². The quantitative estimate of drug-likeness (QED) is 0.681. The molecule has 0 saturated carbocycles. The normalized spacial score (nSPS) is 13.5. The van der Waals surface area contributed by atoms with Crippen LogP contribution in [0.3, 0.4) is 0 Å². The van der Waals surface area contributed by atoms with E-state index in [1.54, 1.807) is 6.26 Å². The van der Waals surface area contributed by atoms with Gasteiger partial charge in [0.1, 0.15) is 11.9 Å². The third-order valence-corrected chi connectivity index (χ3v) is 1.59. The monoisotopic (exact) mass is 140 g/mol. The fourth-order valence-corrected chi connectivity index (χ4v) is 0.911. The van der Waals surface area contributed by atoms with Crippen molar-refractivity contribution in [3.05, 3.63) is 23.7 Å². The largest absolute Gasteiger partial charge is 0.466 e. The standard InChI is InChI=1S/C8H12O2/c1-3-7(9)8-6(2)4-5-10-8/h4-5,7,9H,3H2,1-2H3/t7-/m1/s1. The molecule has 56 valence electrons. The van der Waals surface area contributed by atoms with Crippen molar-refractivity contribution in [2.45, 2.75) is 26.4 Å². The Labute approximate surface area is 60.5 Å². The van der Waals surface area contributed by atoms with Crippen LogP contribution in [0.2, 0.25) is 0 Å². The van der Waals surface area contributed by atoms with Gasteiger partial charge < -0.3 is 9.52 Å². The lowest BCUT2D eigenvalue weighted by Crippen LogP contribution is -1.94. The van der Waals surface area contributed by atoms with Gasteiger partial charge in [-0.2, -0.15) is 0 Å². The molecule has 0 saturated heterocycles. The molecule has 1 atom stereocenters. The zero-order chi connectivity index (χ0) is 7.56. The average Bonchev–Trinajstić information content (AvgIpc) is 2.34. The molecule has 0 spiro atoms. The second-order valence-corrected chi connectivity index (χ2v) is 2.39. The van der Waals surface area contributed by atoms with Gasteiger partial charge in [0.25, 0.3) is 0 Å². The highest BCUT2D eigenvalue weighted by atomic mass is 16.4. The number of aliphatic hydroxyl groups is 1. The number of hydrogen-bond acceptors (Lipinski definition) is 2. The summed E-state index contributed by atoms with van der Waals surface area (Å²) in [6.07, 6.45) is 1.87. The Morgan fingerprint density at radius 1 is 1.70 bits per heavy atom. The highest BCUT2D eigenvalue weighted by Gasteiger charge is 2.10. The molecule has 0 amide bonds. The third-order valence-electron chi connectivity index (χ3n) is 1.59. The Morgan fingerprint density at radius 3 is 2.80 bits per heavy atom. The number of rotatable bonds is 2. The predicted molar refractivity (Wildman–Crippen MR) is 38.7 cm³/mol. The molecular weight excluding hydrogens is 128 g/mol. The predicted octanol–water partition coefficient (Wildman–Crippen LogP) is 2.03. The summed E-state index contributed by atoms with van der Waals surface area (Å²) in [5, 5.41) is 9.31. The summed E-state index contributed by atoms with van der Waals surface area (Å²) in [7, 11) is 0. The van der Waals surface area contributed by atoms with Gasteiger partial charge in [0.2, 0.25) is 0 Å². The maximum atomic E-state index is 9.31. The van der Waals surface area contributed by atoms with E-state index in [4.69, 9.17) is 4.42 Å². The van der Waals surface area contributed by atoms with Gasteiger partial charge in [-0.05, 0) is 25.0 Å². The van der Waals surface area contributed by atoms with Crippen molar-refractivity contribution in [1.29, 1.82) is 0 Å². The van der Waals surface area contributed by atoms with E-state index in [0.717, 1.165) is 5.56 Å². The van der Waals surface area contributed by atoms with E-state index in [1.165, 1.54) is 0 Å². The first kappa shape index (κ1) is 7.35. The topological polar surface area (TPSA) is 33.4 Å². The first-order valence-electron chi connectivity index (χ1n) is 3.47. The van der Waals surface area contributed by atoms with Gasteiger partial charge >= 0.3 is 0 Å². The van der Waals surface area contributed by atoms with E-state index in [2.05, 4.69) is 0 Å². The second-order valence-electron chi connectivity index (χ2n) is 2.39. The Bertz CT molecular complexity index is 203. The Morgan fingerprint density at radius 2 is 2.40 bits per heavy atom. The Kier molecular flexibility index (Phi) is 2.12. The van der Waals surface area contributed by atoms with Crippen LogP contribution in [0.5, 0.6) is 0 Å². The second kappa shape index (κ2) is 2.88. The zero-order valence-corrected chi connectivity index (χ0v) is 6.29. The SMILES string of the molecule is CC[C@@H](O)c1occc1C. The minimum Gasteiger partial charge on any atom is -0.466 e. The number of aliphatic hydroxyl groups excluding tert-OH is 1. The first-order chi connectivity index (χ1) is 4.75. The van der Waals surface area contributed by atoms with Crippen LogP contribution in [0.1, 0.15) is 30.8 Å². The van der Waals surface area contributed by atoms with Crippen molar-refractivity contribution in [3.8, 4) is 0 Å². The van der Waals surface area contributed by atoms with Gasteiger partial charge in [0.05, 0.1) is 6.26 Å². The van der Waals surface area contributed by atoms with Crippen LogP contribution in [0.25, 0.3) is 0 Å². The van der Waals surface area contributed by atoms with Crippen molar-refractivity contribution in [3.63, 3.8) is 0 Å². The van der Waals surface area contributed by atoms with Crippen LogP contribution < -0.4 is 0 Å². The molecule has 1 aromatic heterocycles. The van der Waals surface area contributed by atoms with E-state index in [-0.39, 0.29) is 0 Å². The molecule has 2 nitrogen and oxygen atoms in total. The molecule has 0 unspecified atom stereocenters. The molecule has 0 aromatic carbocycles. The molecule has 1 heterocycles. The van der Waals surface area contributed by atoms with E-state index < -0.39 is 6.10 Å². The van der Waals surface area contributed by atoms with Gasteiger partial charge in [0.15, 0.2) is 0 Å². The summed E-state index contributed by atoms with van der Waals surface area (Å²) >= 11 is 0. The van der Waals surface area contributed by atoms with Gasteiger partial charge in [-0.25, -0.2) is 0 Å².